The number of Topliss-reactive ketones (excluding diaryl/α,β-unsaturated/α-hetero) is 1. The second-order valence-electron chi connectivity index (χ2n) is 7.79. The fourth-order valence-electron chi connectivity index (χ4n) is 3.16. The summed E-state index contributed by atoms with van der Waals surface area (Å²) in [4.78, 5) is 25.8. The molecule has 148 valence electrons. The number of anilines is 1. The summed E-state index contributed by atoms with van der Waals surface area (Å²) >= 11 is 0. The molecular weight excluding hydrogens is 362 g/mol. The van der Waals surface area contributed by atoms with E-state index in [1.54, 1.807) is 6.07 Å². The number of para-hydroxylation sites is 1. The smallest absolute Gasteiger partial charge is 0.412 e. The molecule has 4 heteroatoms. The highest BCUT2D eigenvalue weighted by Gasteiger charge is 2.27. The average molecular weight is 387 g/mol. The standard InChI is InChI=1S/C25H25NO3/c1-25(2,3)29-24(28)26-21-17-11-10-16-20(21)22(18-12-6-4-7-13-18)23(27)19-14-8-5-9-15-19/h4-17,22H,1-3H3,(H,26,28). The van der Waals surface area contributed by atoms with E-state index < -0.39 is 17.6 Å². The highest BCUT2D eigenvalue weighted by molar-refractivity contribution is 6.04. The van der Waals surface area contributed by atoms with Crippen LogP contribution in [0.1, 0.15) is 48.2 Å². The zero-order valence-electron chi connectivity index (χ0n) is 16.9. The Balaban J connectivity index is 2.03. The van der Waals surface area contributed by atoms with E-state index >= 15 is 0 Å². The van der Waals surface area contributed by atoms with E-state index in [2.05, 4.69) is 5.32 Å². The summed E-state index contributed by atoms with van der Waals surface area (Å²) < 4.78 is 5.39. The number of ketones is 1. The molecule has 0 aliphatic carbocycles. The first-order valence-electron chi connectivity index (χ1n) is 9.58. The predicted octanol–water partition coefficient (Wildman–Crippen LogP) is 6.05. The number of benzene rings is 3. The third kappa shape index (κ3) is 5.32. The molecule has 1 unspecified atom stereocenters. The van der Waals surface area contributed by atoms with Crippen molar-refractivity contribution in [2.24, 2.45) is 0 Å². The van der Waals surface area contributed by atoms with E-state index in [0.29, 0.717) is 11.3 Å². The van der Waals surface area contributed by atoms with Gasteiger partial charge in [-0.05, 0) is 38.0 Å². The Labute approximate surface area is 171 Å². The molecule has 0 aliphatic rings. The maximum absolute atomic E-state index is 13.5. The number of hydrogen-bond acceptors (Lipinski definition) is 3. The van der Waals surface area contributed by atoms with Crippen LogP contribution < -0.4 is 5.32 Å². The molecule has 0 bridgehead atoms. The van der Waals surface area contributed by atoms with Gasteiger partial charge in [0.25, 0.3) is 0 Å². The van der Waals surface area contributed by atoms with Gasteiger partial charge in [-0.15, -0.1) is 0 Å². The van der Waals surface area contributed by atoms with Gasteiger partial charge >= 0.3 is 6.09 Å². The third-order valence-corrected chi connectivity index (χ3v) is 4.36. The molecule has 4 nitrogen and oxygen atoms in total. The highest BCUT2D eigenvalue weighted by Crippen LogP contribution is 2.33. The van der Waals surface area contributed by atoms with Gasteiger partial charge in [-0.2, -0.15) is 0 Å². The van der Waals surface area contributed by atoms with Crippen molar-refractivity contribution in [2.75, 3.05) is 5.32 Å². The van der Waals surface area contributed by atoms with Crippen molar-refractivity contribution in [3.63, 3.8) is 0 Å². The number of nitrogens with one attached hydrogen (secondary N) is 1. The van der Waals surface area contributed by atoms with Crippen LogP contribution in [-0.2, 0) is 4.74 Å². The maximum Gasteiger partial charge on any atom is 0.412 e. The second kappa shape index (κ2) is 8.74. The molecule has 3 aromatic rings. The Hall–Kier alpha value is -3.40. The van der Waals surface area contributed by atoms with Crippen molar-refractivity contribution in [1.29, 1.82) is 0 Å². The van der Waals surface area contributed by atoms with Crippen molar-refractivity contribution in [1.82, 2.24) is 0 Å². The number of hydrogen-bond donors (Lipinski definition) is 1. The van der Waals surface area contributed by atoms with E-state index in [-0.39, 0.29) is 5.78 Å². The zero-order chi connectivity index (χ0) is 20.9. The SMILES string of the molecule is CC(C)(C)OC(=O)Nc1ccccc1C(C(=O)c1ccccc1)c1ccccc1. The quantitative estimate of drug-likeness (QED) is 0.542. The molecule has 29 heavy (non-hydrogen) atoms. The van der Waals surface area contributed by atoms with Gasteiger partial charge in [0.15, 0.2) is 5.78 Å². The van der Waals surface area contributed by atoms with Crippen LogP contribution in [-0.4, -0.2) is 17.5 Å². The molecule has 0 aromatic heterocycles. The van der Waals surface area contributed by atoms with Crippen LogP contribution in [0.4, 0.5) is 10.5 Å². The lowest BCUT2D eigenvalue weighted by Gasteiger charge is -2.23. The van der Waals surface area contributed by atoms with Crippen molar-refractivity contribution in [3.05, 3.63) is 102 Å². The number of rotatable bonds is 5. The number of ether oxygens (including phenoxy) is 1. The average Bonchev–Trinajstić information content (AvgIpc) is 2.69. The van der Waals surface area contributed by atoms with E-state index in [4.69, 9.17) is 4.74 Å². The Morgan fingerprint density at radius 2 is 1.34 bits per heavy atom. The van der Waals surface area contributed by atoms with Gasteiger partial charge in [0, 0.05) is 11.3 Å². The number of amides is 1. The third-order valence-electron chi connectivity index (χ3n) is 4.36. The maximum atomic E-state index is 13.5. The lowest BCUT2D eigenvalue weighted by molar-refractivity contribution is 0.0635. The first-order valence-corrected chi connectivity index (χ1v) is 9.58. The number of carbonyl (C=O) groups excluding carboxylic acids is 2. The van der Waals surface area contributed by atoms with Crippen molar-refractivity contribution >= 4 is 17.6 Å². The van der Waals surface area contributed by atoms with Crippen LogP contribution in [0, 0.1) is 0 Å². The Kier molecular flexibility index (Phi) is 6.13. The van der Waals surface area contributed by atoms with E-state index in [1.807, 2.05) is 99.6 Å². The van der Waals surface area contributed by atoms with Crippen molar-refractivity contribution < 1.29 is 14.3 Å². The van der Waals surface area contributed by atoms with Gasteiger partial charge < -0.3 is 4.74 Å². The molecule has 0 saturated heterocycles. The summed E-state index contributed by atoms with van der Waals surface area (Å²) in [6.45, 7) is 5.43. The van der Waals surface area contributed by atoms with E-state index in [9.17, 15) is 9.59 Å². The fourth-order valence-corrected chi connectivity index (χ4v) is 3.16. The van der Waals surface area contributed by atoms with E-state index in [1.165, 1.54) is 0 Å². The minimum absolute atomic E-state index is 0.0322. The Bertz CT molecular complexity index is 976. The van der Waals surface area contributed by atoms with Gasteiger partial charge in [0.1, 0.15) is 5.60 Å². The van der Waals surface area contributed by atoms with Crippen molar-refractivity contribution in [3.8, 4) is 0 Å². The fraction of sp³-hybridized carbons (Fsp3) is 0.200. The summed E-state index contributed by atoms with van der Waals surface area (Å²) in [6, 6.07) is 26.1. The summed E-state index contributed by atoms with van der Waals surface area (Å²) in [6.07, 6.45) is -0.552. The van der Waals surface area contributed by atoms with Gasteiger partial charge in [-0.3, -0.25) is 10.1 Å². The van der Waals surface area contributed by atoms with Crippen LogP contribution in [0.25, 0.3) is 0 Å². The molecule has 0 heterocycles. The summed E-state index contributed by atoms with van der Waals surface area (Å²) in [7, 11) is 0. The summed E-state index contributed by atoms with van der Waals surface area (Å²) in [5.41, 5.74) is 2.14. The molecule has 0 saturated carbocycles. The molecule has 1 amide bonds. The van der Waals surface area contributed by atoms with Crippen LogP contribution in [0.15, 0.2) is 84.9 Å². The molecule has 0 aliphatic heterocycles. The molecule has 3 rings (SSSR count). The molecule has 0 radical (unpaired) electrons. The summed E-state index contributed by atoms with van der Waals surface area (Å²) in [5.74, 6) is -0.583. The molecule has 0 fully saturated rings. The lowest BCUT2D eigenvalue weighted by Crippen LogP contribution is -2.28. The molecule has 1 atom stereocenters. The second-order valence-corrected chi connectivity index (χ2v) is 7.79. The van der Waals surface area contributed by atoms with Crippen LogP contribution in [0.3, 0.4) is 0 Å². The van der Waals surface area contributed by atoms with Crippen molar-refractivity contribution in [2.45, 2.75) is 32.3 Å². The van der Waals surface area contributed by atoms with Gasteiger partial charge in [-0.1, -0.05) is 78.9 Å². The minimum atomic E-state index is -0.613. The predicted molar refractivity (Wildman–Crippen MR) is 115 cm³/mol. The molecule has 0 spiro atoms. The zero-order valence-corrected chi connectivity index (χ0v) is 16.9. The summed E-state index contributed by atoms with van der Waals surface area (Å²) in [5, 5.41) is 2.81. The van der Waals surface area contributed by atoms with E-state index in [0.717, 1.165) is 11.1 Å². The Morgan fingerprint density at radius 1 is 0.793 bits per heavy atom. The first-order chi connectivity index (χ1) is 13.8. The highest BCUT2D eigenvalue weighted by atomic mass is 16.6. The minimum Gasteiger partial charge on any atom is -0.444 e. The monoisotopic (exact) mass is 387 g/mol. The molecule has 3 aromatic carbocycles. The number of carbonyl (C=O) groups is 2. The molecule has 1 N–H and O–H groups in total. The van der Waals surface area contributed by atoms with Crippen LogP contribution in [0.2, 0.25) is 0 Å². The normalized spacial score (nSPS) is 12.1. The van der Waals surface area contributed by atoms with Gasteiger partial charge in [0.05, 0.1) is 5.92 Å². The van der Waals surface area contributed by atoms with Gasteiger partial charge in [-0.25, -0.2) is 4.79 Å². The lowest BCUT2D eigenvalue weighted by atomic mass is 9.84. The van der Waals surface area contributed by atoms with Gasteiger partial charge in [0.2, 0.25) is 0 Å². The topological polar surface area (TPSA) is 55.4 Å². The molecular formula is C25H25NO3. The van der Waals surface area contributed by atoms with Crippen LogP contribution >= 0.6 is 0 Å². The van der Waals surface area contributed by atoms with Crippen LogP contribution in [0.5, 0.6) is 0 Å². The Morgan fingerprint density at radius 3 is 1.97 bits per heavy atom. The first kappa shape index (κ1) is 20.3. The largest absolute Gasteiger partial charge is 0.444 e.